The maximum Gasteiger partial charge on any atom is 0.167 e. The van der Waals surface area contributed by atoms with Gasteiger partial charge in [0.25, 0.3) is 0 Å². The fourth-order valence-electron chi connectivity index (χ4n) is 3.79. The van der Waals surface area contributed by atoms with Crippen LogP contribution in [0, 0.1) is 5.82 Å². The maximum atomic E-state index is 14.9. The largest absolute Gasteiger partial charge is 0.367 e. The van der Waals surface area contributed by atoms with Crippen LogP contribution in [0.15, 0.2) is 72.9 Å². The summed E-state index contributed by atoms with van der Waals surface area (Å²) in [4.78, 5) is 6.65. The molecular formula is C23H24FN3. The number of aromatic nitrogens is 1. The minimum absolute atomic E-state index is 0.161. The van der Waals surface area contributed by atoms with Gasteiger partial charge in [-0.15, -0.1) is 0 Å². The highest BCUT2D eigenvalue weighted by atomic mass is 19.1. The third-order valence-electron chi connectivity index (χ3n) is 5.26. The number of nitrogens with one attached hydrogen (secondary N) is 1. The zero-order valence-corrected chi connectivity index (χ0v) is 15.5. The van der Waals surface area contributed by atoms with E-state index in [1.54, 1.807) is 12.3 Å². The van der Waals surface area contributed by atoms with Gasteiger partial charge in [-0.1, -0.05) is 60.7 Å². The molecule has 1 aliphatic heterocycles. The van der Waals surface area contributed by atoms with Crippen LogP contribution in [0.5, 0.6) is 0 Å². The van der Waals surface area contributed by atoms with Crippen LogP contribution in [0.3, 0.4) is 0 Å². The van der Waals surface area contributed by atoms with Gasteiger partial charge in [-0.25, -0.2) is 9.37 Å². The third kappa shape index (κ3) is 3.80. The van der Waals surface area contributed by atoms with Crippen LogP contribution in [0.4, 0.5) is 15.9 Å². The molecule has 1 N–H and O–H groups in total. The third-order valence-corrected chi connectivity index (χ3v) is 5.26. The summed E-state index contributed by atoms with van der Waals surface area (Å²) in [6.07, 6.45) is 4.07. The molecule has 2 heterocycles. The van der Waals surface area contributed by atoms with E-state index in [0.29, 0.717) is 6.04 Å². The van der Waals surface area contributed by atoms with E-state index < -0.39 is 0 Å². The molecule has 3 aromatic rings. The summed E-state index contributed by atoms with van der Waals surface area (Å²) >= 11 is 0. The van der Waals surface area contributed by atoms with Gasteiger partial charge >= 0.3 is 0 Å². The Morgan fingerprint density at radius 2 is 1.67 bits per heavy atom. The van der Waals surface area contributed by atoms with Gasteiger partial charge in [-0.2, -0.15) is 0 Å². The first-order valence-corrected chi connectivity index (χ1v) is 9.51. The number of pyridine rings is 1. The second-order valence-electron chi connectivity index (χ2n) is 7.11. The summed E-state index contributed by atoms with van der Waals surface area (Å²) in [6.45, 7) is 3.14. The smallest absolute Gasteiger partial charge is 0.167 e. The molecule has 0 amide bonds. The normalized spacial score (nSPS) is 16.7. The Bertz CT molecular complexity index is 843. The average molecular weight is 361 g/mol. The predicted molar refractivity (Wildman–Crippen MR) is 109 cm³/mol. The molecule has 0 aliphatic carbocycles. The van der Waals surface area contributed by atoms with E-state index in [4.69, 9.17) is 0 Å². The highest BCUT2D eigenvalue weighted by Crippen LogP contribution is 2.30. The van der Waals surface area contributed by atoms with Crippen LogP contribution in [-0.2, 0) is 0 Å². The lowest BCUT2D eigenvalue weighted by atomic mass is 9.99. The zero-order chi connectivity index (χ0) is 18.6. The monoisotopic (exact) mass is 361 g/mol. The van der Waals surface area contributed by atoms with Gasteiger partial charge < -0.3 is 10.2 Å². The fourth-order valence-corrected chi connectivity index (χ4v) is 3.79. The highest BCUT2D eigenvalue weighted by molar-refractivity contribution is 5.53. The molecule has 0 unspecified atom stereocenters. The minimum atomic E-state index is -0.316. The van der Waals surface area contributed by atoms with Crippen molar-refractivity contribution in [3.63, 3.8) is 0 Å². The topological polar surface area (TPSA) is 28.2 Å². The number of nitrogens with zero attached hydrogens (tertiary/aromatic N) is 2. The quantitative estimate of drug-likeness (QED) is 0.658. The molecule has 0 radical (unpaired) electrons. The second-order valence-corrected chi connectivity index (χ2v) is 7.11. The van der Waals surface area contributed by atoms with Crippen molar-refractivity contribution >= 4 is 11.5 Å². The summed E-state index contributed by atoms with van der Waals surface area (Å²) in [7, 11) is 0. The number of anilines is 2. The van der Waals surface area contributed by atoms with Crippen molar-refractivity contribution in [1.29, 1.82) is 0 Å². The predicted octanol–water partition coefficient (Wildman–Crippen LogP) is 5.41. The number of hydrogen-bond acceptors (Lipinski definition) is 3. The number of halogens is 1. The van der Waals surface area contributed by atoms with Gasteiger partial charge in [-0.05, 0) is 30.9 Å². The van der Waals surface area contributed by atoms with E-state index in [2.05, 4.69) is 22.1 Å². The Morgan fingerprint density at radius 3 is 2.19 bits per heavy atom. The summed E-state index contributed by atoms with van der Waals surface area (Å²) in [6, 6.07) is 22.0. The molecule has 1 fully saturated rings. The SMILES string of the molecule is C[C@@H]1CCCN1c1cnc(NC(c2ccccc2)c2ccccc2)c(F)c1. The first-order valence-electron chi connectivity index (χ1n) is 9.51. The molecule has 1 aromatic heterocycles. The summed E-state index contributed by atoms with van der Waals surface area (Å²) in [5.74, 6) is -0.0354. The van der Waals surface area contributed by atoms with Crippen LogP contribution >= 0.6 is 0 Å². The zero-order valence-electron chi connectivity index (χ0n) is 15.5. The van der Waals surface area contributed by atoms with Crippen molar-refractivity contribution in [2.45, 2.75) is 31.8 Å². The molecule has 1 atom stereocenters. The van der Waals surface area contributed by atoms with Crippen LogP contribution in [0.25, 0.3) is 0 Å². The molecule has 138 valence electrons. The lowest BCUT2D eigenvalue weighted by Crippen LogP contribution is -2.26. The first-order chi connectivity index (χ1) is 13.2. The van der Waals surface area contributed by atoms with E-state index in [1.165, 1.54) is 0 Å². The Balaban J connectivity index is 1.63. The molecule has 0 saturated carbocycles. The summed E-state index contributed by atoms with van der Waals surface area (Å²) in [5.41, 5.74) is 3.00. The Kier molecular flexibility index (Phi) is 5.05. The van der Waals surface area contributed by atoms with Crippen LogP contribution in [0.2, 0.25) is 0 Å². The molecule has 0 spiro atoms. The van der Waals surface area contributed by atoms with Gasteiger partial charge in [0.05, 0.1) is 17.9 Å². The van der Waals surface area contributed by atoms with Gasteiger partial charge in [0, 0.05) is 18.7 Å². The number of rotatable bonds is 5. The Labute approximate surface area is 159 Å². The van der Waals surface area contributed by atoms with E-state index in [0.717, 1.165) is 36.2 Å². The molecule has 0 bridgehead atoms. The highest BCUT2D eigenvalue weighted by Gasteiger charge is 2.22. The van der Waals surface area contributed by atoms with E-state index in [9.17, 15) is 4.39 Å². The van der Waals surface area contributed by atoms with Crippen molar-refractivity contribution in [3.05, 3.63) is 89.9 Å². The second kappa shape index (κ2) is 7.78. The van der Waals surface area contributed by atoms with E-state index >= 15 is 0 Å². The standard InChI is InChI=1S/C23H24FN3/c1-17-9-8-14-27(17)20-15-21(24)23(25-16-20)26-22(18-10-4-2-5-11-18)19-12-6-3-7-13-19/h2-7,10-13,15-17,22H,8-9,14H2,1H3,(H,25,26)/t17-/m1/s1. The summed E-state index contributed by atoms with van der Waals surface area (Å²) < 4.78 is 14.9. The first kappa shape index (κ1) is 17.5. The van der Waals surface area contributed by atoms with Crippen molar-refractivity contribution in [2.24, 2.45) is 0 Å². The molecular weight excluding hydrogens is 337 g/mol. The van der Waals surface area contributed by atoms with Gasteiger partial charge in [-0.3, -0.25) is 0 Å². The average Bonchev–Trinajstić information content (AvgIpc) is 3.14. The number of benzene rings is 2. The molecule has 4 rings (SSSR count). The molecule has 3 nitrogen and oxygen atoms in total. The van der Waals surface area contributed by atoms with Gasteiger partial charge in [0.1, 0.15) is 0 Å². The minimum Gasteiger partial charge on any atom is -0.367 e. The van der Waals surface area contributed by atoms with Gasteiger partial charge in [0.2, 0.25) is 0 Å². The van der Waals surface area contributed by atoms with Crippen LogP contribution in [-0.4, -0.2) is 17.6 Å². The van der Waals surface area contributed by atoms with Crippen molar-refractivity contribution in [1.82, 2.24) is 4.98 Å². The van der Waals surface area contributed by atoms with Crippen molar-refractivity contribution in [3.8, 4) is 0 Å². The van der Waals surface area contributed by atoms with E-state index in [1.807, 2.05) is 60.7 Å². The molecule has 27 heavy (non-hydrogen) atoms. The number of hydrogen-bond donors (Lipinski definition) is 1. The van der Waals surface area contributed by atoms with Crippen LogP contribution in [0.1, 0.15) is 36.9 Å². The molecule has 1 aliphatic rings. The van der Waals surface area contributed by atoms with E-state index in [-0.39, 0.29) is 17.7 Å². The maximum absolute atomic E-state index is 14.9. The Morgan fingerprint density at radius 1 is 1.04 bits per heavy atom. The Hall–Kier alpha value is -2.88. The van der Waals surface area contributed by atoms with Gasteiger partial charge in [0.15, 0.2) is 11.6 Å². The fraction of sp³-hybridized carbons (Fsp3) is 0.261. The van der Waals surface area contributed by atoms with Crippen molar-refractivity contribution in [2.75, 3.05) is 16.8 Å². The lowest BCUT2D eigenvalue weighted by molar-refractivity contribution is 0.620. The molecule has 2 aromatic carbocycles. The lowest BCUT2D eigenvalue weighted by Gasteiger charge is -2.25. The molecule has 4 heteroatoms. The van der Waals surface area contributed by atoms with Crippen molar-refractivity contribution < 1.29 is 4.39 Å². The summed E-state index contributed by atoms with van der Waals surface area (Å²) in [5, 5.41) is 3.30. The van der Waals surface area contributed by atoms with Crippen LogP contribution < -0.4 is 10.2 Å². The molecule has 1 saturated heterocycles.